The third-order valence-corrected chi connectivity index (χ3v) is 1.18. The highest BCUT2D eigenvalue weighted by molar-refractivity contribution is 9.10. The summed E-state index contributed by atoms with van der Waals surface area (Å²) in [5.74, 6) is 0.448. The number of nitrogens with one attached hydrogen (secondary N) is 1. The van der Waals surface area contributed by atoms with Crippen LogP contribution < -0.4 is 10.3 Å². The lowest BCUT2D eigenvalue weighted by Gasteiger charge is -1.93. The fourth-order valence-corrected chi connectivity index (χ4v) is 0.745. The van der Waals surface area contributed by atoms with Gasteiger partial charge in [-0.3, -0.25) is 0 Å². The third kappa shape index (κ3) is 1.73. The van der Waals surface area contributed by atoms with Gasteiger partial charge in [0.15, 0.2) is 4.67 Å². The number of rotatable bonds is 2. The first-order valence-corrected chi connectivity index (χ1v) is 3.21. The molecule has 9 heavy (non-hydrogen) atoms. The van der Waals surface area contributed by atoms with Crippen molar-refractivity contribution in [1.29, 1.82) is 0 Å². The van der Waals surface area contributed by atoms with Crippen LogP contribution in [0, 0.1) is 0 Å². The molecule has 0 aliphatic carbocycles. The van der Waals surface area contributed by atoms with E-state index in [0.29, 0.717) is 10.6 Å². The van der Waals surface area contributed by atoms with Crippen LogP contribution in [0.15, 0.2) is 21.2 Å². The van der Waals surface area contributed by atoms with Crippen LogP contribution in [-0.4, -0.2) is 7.05 Å². The van der Waals surface area contributed by atoms with E-state index in [1.54, 1.807) is 19.2 Å². The molecule has 0 saturated heterocycles. The minimum Gasteiger partial charge on any atom is -0.417 e. The fourth-order valence-electron chi connectivity index (χ4n) is 0.453. The number of furan rings is 1. The van der Waals surface area contributed by atoms with Crippen LogP contribution in [0.3, 0.4) is 0 Å². The Morgan fingerprint density at radius 1 is 1.67 bits per heavy atom. The van der Waals surface area contributed by atoms with Crippen molar-refractivity contribution in [3.8, 4) is 5.95 Å². The number of halogens is 1. The van der Waals surface area contributed by atoms with Crippen LogP contribution in [-0.2, 0) is 0 Å². The Morgan fingerprint density at radius 2 is 2.44 bits per heavy atom. The number of hydrogen-bond donors (Lipinski definition) is 1. The molecule has 0 radical (unpaired) electrons. The summed E-state index contributed by atoms with van der Waals surface area (Å²) in [4.78, 5) is 4.78. The van der Waals surface area contributed by atoms with Gasteiger partial charge in [-0.15, -0.1) is 0 Å². The average Bonchev–Trinajstić information content (AvgIpc) is 2.17. The summed E-state index contributed by atoms with van der Waals surface area (Å²) in [5, 5.41) is 0. The summed E-state index contributed by atoms with van der Waals surface area (Å²) >= 11 is 3.13. The summed E-state index contributed by atoms with van der Waals surface area (Å²) in [6.45, 7) is 0. The molecule has 0 aliphatic heterocycles. The van der Waals surface area contributed by atoms with Gasteiger partial charge in [0.25, 0.3) is 0 Å². The molecule has 0 fully saturated rings. The SMILES string of the molecule is CNOc1ccc(Br)o1. The van der Waals surface area contributed by atoms with Crippen molar-refractivity contribution in [2.75, 3.05) is 7.05 Å². The van der Waals surface area contributed by atoms with E-state index in [1.165, 1.54) is 0 Å². The Hall–Kier alpha value is -0.480. The fraction of sp³-hybridized carbons (Fsp3) is 0.200. The van der Waals surface area contributed by atoms with Gasteiger partial charge in [0.2, 0.25) is 0 Å². The van der Waals surface area contributed by atoms with E-state index in [2.05, 4.69) is 21.4 Å². The summed E-state index contributed by atoms with van der Waals surface area (Å²) in [7, 11) is 1.66. The first kappa shape index (κ1) is 6.64. The van der Waals surface area contributed by atoms with Gasteiger partial charge in [-0.2, -0.15) is 5.48 Å². The molecule has 0 atom stereocenters. The molecule has 3 nitrogen and oxygen atoms in total. The van der Waals surface area contributed by atoms with Gasteiger partial charge in [0.1, 0.15) is 0 Å². The molecule has 1 rings (SSSR count). The molecule has 1 aromatic rings. The Morgan fingerprint density at radius 3 is 2.89 bits per heavy atom. The maximum atomic E-state index is 4.96. The van der Waals surface area contributed by atoms with E-state index in [4.69, 9.17) is 9.25 Å². The van der Waals surface area contributed by atoms with Crippen molar-refractivity contribution in [3.63, 3.8) is 0 Å². The molecule has 0 bridgehead atoms. The maximum absolute atomic E-state index is 4.96. The van der Waals surface area contributed by atoms with E-state index in [9.17, 15) is 0 Å². The molecule has 0 aromatic carbocycles. The molecule has 4 heteroatoms. The summed E-state index contributed by atoms with van der Waals surface area (Å²) in [6, 6.07) is 3.47. The first-order valence-electron chi connectivity index (χ1n) is 2.42. The van der Waals surface area contributed by atoms with Crippen molar-refractivity contribution in [2.45, 2.75) is 0 Å². The predicted octanol–water partition coefficient (Wildman–Crippen LogP) is 1.56. The van der Waals surface area contributed by atoms with Crippen molar-refractivity contribution < 1.29 is 9.25 Å². The molecular weight excluding hydrogens is 186 g/mol. The van der Waals surface area contributed by atoms with Crippen LogP contribution in [0.5, 0.6) is 5.95 Å². The highest BCUT2D eigenvalue weighted by atomic mass is 79.9. The van der Waals surface area contributed by atoms with Gasteiger partial charge in [0.05, 0.1) is 0 Å². The van der Waals surface area contributed by atoms with Crippen LogP contribution in [0.4, 0.5) is 0 Å². The summed E-state index contributed by atoms with van der Waals surface area (Å²) in [5.41, 5.74) is 2.48. The van der Waals surface area contributed by atoms with Crippen molar-refractivity contribution in [1.82, 2.24) is 5.48 Å². The highest BCUT2D eigenvalue weighted by Crippen LogP contribution is 2.19. The standard InChI is InChI=1S/C5H6BrNO2/c1-7-9-5-3-2-4(6)8-5/h2-3,7H,1H3. The second kappa shape index (κ2) is 2.89. The molecule has 0 amide bonds. The quantitative estimate of drug-likeness (QED) is 0.722. The Bertz CT molecular complexity index is 187. The van der Waals surface area contributed by atoms with E-state index < -0.39 is 0 Å². The predicted molar refractivity (Wildman–Crippen MR) is 36.1 cm³/mol. The van der Waals surface area contributed by atoms with E-state index in [1.807, 2.05) is 0 Å². The monoisotopic (exact) mass is 191 g/mol. The van der Waals surface area contributed by atoms with Gasteiger partial charge >= 0.3 is 5.95 Å². The number of hydrogen-bond acceptors (Lipinski definition) is 3. The summed E-state index contributed by atoms with van der Waals surface area (Å²) in [6.07, 6.45) is 0. The van der Waals surface area contributed by atoms with Gasteiger partial charge in [-0.25, -0.2) is 0 Å². The Kier molecular flexibility index (Phi) is 2.13. The highest BCUT2D eigenvalue weighted by Gasteiger charge is 1.96. The van der Waals surface area contributed by atoms with Crippen molar-refractivity contribution in [2.24, 2.45) is 0 Å². The van der Waals surface area contributed by atoms with Crippen molar-refractivity contribution >= 4 is 15.9 Å². The van der Waals surface area contributed by atoms with Gasteiger partial charge < -0.3 is 9.25 Å². The lowest BCUT2D eigenvalue weighted by atomic mass is 10.7. The van der Waals surface area contributed by atoms with Gasteiger partial charge in [-0.05, 0) is 22.0 Å². The smallest absolute Gasteiger partial charge is 0.305 e. The first-order chi connectivity index (χ1) is 4.33. The van der Waals surface area contributed by atoms with E-state index in [0.717, 1.165) is 0 Å². The van der Waals surface area contributed by atoms with Gasteiger partial charge in [0, 0.05) is 13.1 Å². The minimum atomic E-state index is 0.448. The normalized spacial score (nSPS) is 9.56. The van der Waals surface area contributed by atoms with Crippen LogP contribution in [0.25, 0.3) is 0 Å². The molecule has 0 saturated carbocycles. The van der Waals surface area contributed by atoms with Crippen LogP contribution >= 0.6 is 15.9 Å². The van der Waals surface area contributed by atoms with Gasteiger partial charge in [-0.1, -0.05) is 0 Å². The topological polar surface area (TPSA) is 34.4 Å². The molecule has 1 N–H and O–H groups in total. The van der Waals surface area contributed by atoms with E-state index in [-0.39, 0.29) is 0 Å². The second-order valence-electron chi connectivity index (χ2n) is 1.36. The molecule has 1 aromatic heterocycles. The lowest BCUT2D eigenvalue weighted by Crippen LogP contribution is -2.09. The zero-order valence-corrected chi connectivity index (χ0v) is 6.44. The third-order valence-electron chi connectivity index (χ3n) is 0.751. The molecule has 0 aliphatic rings. The molecular formula is C5H6BrNO2. The largest absolute Gasteiger partial charge is 0.417 e. The molecule has 0 spiro atoms. The second-order valence-corrected chi connectivity index (χ2v) is 2.15. The Balaban J connectivity index is 2.61. The molecule has 0 unspecified atom stereocenters. The lowest BCUT2D eigenvalue weighted by molar-refractivity contribution is 0.166. The minimum absolute atomic E-state index is 0.448. The van der Waals surface area contributed by atoms with Crippen LogP contribution in [0.2, 0.25) is 0 Å². The summed E-state index contributed by atoms with van der Waals surface area (Å²) < 4.78 is 5.62. The maximum Gasteiger partial charge on any atom is 0.305 e. The molecule has 1 heterocycles. The van der Waals surface area contributed by atoms with E-state index >= 15 is 0 Å². The zero-order valence-electron chi connectivity index (χ0n) is 4.85. The van der Waals surface area contributed by atoms with Crippen LogP contribution in [0.1, 0.15) is 0 Å². The van der Waals surface area contributed by atoms with Crippen molar-refractivity contribution in [3.05, 3.63) is 16.8 Å². The Labute approximate surface area is 61.1 Å². The average molecular weight is 192 g/mol. The number of hydroxylamine groups is 1. The molecule has 50 valence electrons. The zero-order chi connectivity index (χ0) is 6.69.